The van der Waals surface area contributed by atoms with E-state index < -0.39 is 5.60 Å². The molecule has 110 valence electrons. The molecule has 2 aliphatic rings. The van der Waals surface area contributed by atoms with Crippen molar-refractivity contribution in [1.29, 1.82) is 0 Å². The van der Waals surface area contributed by atoms with Gasteiger partial charge in [0.05, 0.1) is 11.6 Å². The van der Waals surface area contributed by atoms with Crippen molar-refractivity contribution in [1.82, 2.24) is 10.6 Å². The van der Waals surface area contributed by atoms with Gasteiger partial charge in [-0.15, -0.1) is 0 Å². The minimum absolute atomic E-state index is 0.0447. The van der Waals surface area contributed by atoms with Crippen LogP contribution < -0.4 is 10.6 Å². The van der Waals surface area contributed by atoms with Crippen LogP contribution in [-0.4, -0.2) is 35.7 Å². The van der Waals surface area contributed by atoms with Crippen LogP contribution in [0.25, 0.3) is 0 Å². The minimum atomic E-state index is -0.701. The first-order chi connectivity index (χ1) is 8.81. The molecule has 1 saturated heterocycles. The summed E-state index contributed by atoms with van der Waals surface area (Å²) < 4.78 is 0. The lowest BCUT2D eigenvalue weighted by Gasteiger charge is -2.40. The second-order valence-corrected chi connectivity index (χ2v) is 7.30. The maximum atomic E-state index is 12.1. The van der Waals surface area contributed by atoms with Gasteiger partial charge in [-0.1, -0.05) is 20.8 Å². The maximum Gasteiger partial charge on any atom is 0.237 e. The summed E-state index contributed by atoms with van der Waals surface area (Å²) in [6, 6.07) is -0.0800. The topological polar surface area (TPSA) is 61.4 Å². The lowest BCUT2D eigenvalue weighted by Crippen LogP contribution is -2.51. The predicted molar refractivity (Wildman–Crippen MR) is 75.8 cm³/mol. The predicted octanol–water partition coefficient (Wildman–Crippen LogP) is 1.43. The van der Waals surface area contributed by atoms with E-state index in [-0.39, 0.29) is 11.9 Å². The highest BCUT2D eigenvalue weighted by atomic mass is 16.3. The van der Waals surface area contributed by atoms with Crippen molar-refractivity contribution in [3.05, 3.63) is 0 Å². The Hall–Kier alpha value is -0.610. The number of carbonyl (C=O) groups excluding carboxylic acids is 1. The summed E-state index contributed by atoms with van der Waals surface area (Å²) in [4.78, 5) is 12.1. The summed E-state index contributed by atoms with van der Waals surface area (Å²) in [5.74, 6) is 0.434. The van der Waals surface area contributed by atoms with E-state index >= 15 is 0 Å². The van der Waals surface area contributed by atoms with Gasteiger partial charge in [0.1, 0.15) is 0 Å². The van der Waals surface area contributed by atoms with Crippen molar-refractivity contribution in [2.75, 3.05) is 13.1 Å². The lowest BCUT2D eigenvalue weighted by molar-refractivity contribution is -0.125. The quantitative estimate of drug-likeness (QED) is 0.725. The summed E-state index contributed by atoms with van der Waals surface area (Å²) >= 11 is 0. The van der Waals surface area contributed by atoms with E-state index in [1.807, 2.05) is 0 Å². The molecule has 4 heteroatoms. The molecule has 1 amide bonds. The number of rotatable bonds is 3. The number of amides is 1. The van der Waals surface area contributed by atoms with E-state index in [9.17, 15) is 9.90 Å². The molecule has 0 spiro atoms. The Morgan fingerprint density at radius 1 is 1.32 bits per heavy atom. The third-order valence-electron chi connectivity index (χ3n) is 4.94. The summed E-state index contributed by atoms with van der Waals surface area (Å²) in [6.07, 6.45) is 4.67. The van der Waals surface area contributed by atoms with Crippen molar-refractivity contribution >= 4 is 5.91 Å². The molecule has 1 aliphatic carbocycles. The first-order valence-electron chi connectivity index (χ1n) is 7.55. The Morgan fingerprint density at radius 2 is 1.95 bits per heavy atom. The summed E-state index contributed by atoms with van der Waals surface area (Å²) in [5, 5.41) is 16.7. The van der Waals surface area contributed by atoms with Gasteiger partial charge in [0.25, 0.3) is 0 Å². The Kier molecular flexibility index (Phi) is 4.21. The van der Waals surface area contributed by atoms with Crippen molar-refractivity contribution in [3.63, 3.8) is 0 Å². The van der Waals surface area contributed by atoms with Crippen LogP contribution in [0.5, 0.6) is 0 Å². The number of carbonyl (C=O) groups is 1. The van der Waals surface area contributed by atoms with E-state index in [0.29, 0.717) is 17.9 Å². The summed E-state index contributed by atoms with van der Waals surface area (Å²) in [6.45, 7) is 7.90. The molecule has 1 saturated carbocycles. The first-order valence-corrected chi connectivity index (χ1v) is 7.55. The number of hydrogen-bond acceptors (Lipinski definition) is 3. The van der Waals surface area contributed by atoms with E-state index in [1.165, 1.54) is 0 Å². The normalized spacial score (nSPS) is 33.1. The second kappa shape index (κ2) is 5.41. The van der Waals surface area contributed by atoms with Gasteiger partial charge in [0.2, 0.25) is 5.91 Å². The first kappa shape index (κ1) is 14.8. The Labute approximate surface area is 116 Å². The third kappa shape index (κ3) is 3.69. The minimum Gasteiger partial charge on any atom is -0.388 e. The van der Waals surface area contributed by atoms with Crippen LogP contribution in [0.4, 0.5) is 0 Å². The van der Waals surface area contributed by atoms with Gasteiger partial charge in [-0.05, 0) is 50.0 Å². The van der Waals surface area contributed by atoms with Gasteiger partial charge >= 0.3 is 0 Å². The van der Waals surface area contributed by atoms with Crippen LogP contribution in [0, 0.1) is 11.3 Å². The van der Waals surface area contributed by atoms with Crippen LogP contribution in [-0.2, 0) is 4.79 Å². The maximum absolute atomic E-state index is 12.1. The van der Waals surface area contributed by atoms with Crippen LogP contribution in [0.1, 0.15) is 52.9 Å². The molecular weight excluding hydrogens is 240 g/mol. The average molecular weight is 268 g/mol. The molecule has 1 heterocycles. The molecule has 0 radical (unpaired) electrons. The highest BCUT2D eigenvalue weighted by Crippen LogP contribution is 2.39. The standard InChI is InChI=1S/C15H28N2O2/c1-11-4-9-16-12(11)13(18)17-10-15(19)7-5-14(2,3)6-8-15/h11-12,16,19H,4-10H2,1-3H3,(H,17,18). The fraction of sp³-hybridized carbons (Fsp3) is 0.933. The van der Waals surface area contributed by atoms with E-state index in [0.717, 1.165) is 38.6 Å². The molecule has 2 fully saturated rings. The molecule has 3 N–H and O–H groups in total. The Balaban J connectivity index is 1.80. The van der Waals surface area contributed by atoms with Crippen molar-refractivity contribution in [3.8, 4) is 0 Å². The highest BCUT2D eigenvalue weighted by molar-refractivity contribution is 5.82. The van der Waals surface area contributed by atoms with Crippen molar-refractivity contribution in [2.45, 2.75) is 64.5 Å². The van der Waals surface area contributed by atoms with Crippen LogP contribution >= 0.6 is 0 Å². The van der Waals surface area contributed by atoms with Gasteiger partial charge in [0, 0.05) is 6.54 Å². The monoisotopic (exact) mass is 268 g/mol. The molecule has 4 nitrogen and oxygen atoms in total. The van der Waals surface area contributed by atoms with Crippen LogP contribution in [0.2, 0.25) is 0 Å². The fourth-order valence-corrected chi connectivity index (χ4v) is 3.12. The van der Waals surface area contributed by atoms with E-state index in [4.69, 9.17) is 0 Å². The van der Waals surface area contributed by atoms with E-state index in [2.05, 4.69) is 31.4 Å². The summed E-state index contributed by atoms with van der Waals surface area (Å²) in [5.41, 5.74) is -0.370. The molecule has 0 aromatic rings. The SMILES string of the molecule is CC1CCNC1C(=O)NCC1(O)CCC(C)(C)CC1. The van der Waals surface area contributed by atoms with Crippen LogP contribution in [0.15, 0.2) is 0 Å². The number of aliphatic hydroxyl groups is 1. The van der Waals surface area contributed by atoms with Crippen molar-refractivity contribution < 1.29 is 9.90 Å². The molecule has 0 bridgehead atoms. The molecule has 2 unspecified atom stereocenters. The van der Waals surface area contributed by atoms with Gasteiger partial charge in [-0.3, -0.25) is 4.79 Å². The molecule has 0 aromatic carbocycles. The fourth-order valence-electron chi connectivity index (χ4n) is 3.12. The van der Waals surface area contributed by atoms with Gasteiger partial charge in [0.15, 0.2) is 0 Å². The Bertz CT molecular complexity index is 331. The highest BCUT2D eigenvalue weighted by Gasteiger charge is 2.37. The lowest BCUT2D eigenvalue weighted by atomic mass is 9.71. The number of hydrogen-bond donors (Lipinski definition) is 3. The molecule has 19 heavy (non-hydrogen) atoms. The number of nitrogens with one attached hydrogen (secondary N) is 2. The van der Waals surface area contributed by atoms with E-state index in [1.54, 1.807) is 0 Å². The smallest absolute Gasteiger partial charge is 0.237 e. The molecular formula is C15H28N2O2. The average Bonchev–Trinajstić information content (AvgIpc) is 2.77. The molecule has 2 rings (SSSR count). The van der Waals surface area contributed by atoms with Gasteiger partial charge in [-0.25, -0.2) is 0 Å². The second-order valence-electron chi connectivity index (χ2n) is 7.30. The zero-order valence-electron chi connectivity index (χ0n) is 12.5. The summed E-state index contributed by atoms with van der Waals surface area (Å²) in [7, 11) is 0. The zero-order valence-corrected chi connectivity index (χ0v) is 12.5. The van der Waals surface area contributed by atoms with Crippen molar-refractivity contribution in [2.24, 2.45) is 11.3 Å². The Morgan fingerprint density at radius 3 is 2.47 bits per heavy atom. The molecule has 2 atom stereocenters. The van der Waals surface area contributed by atoms with Gasteiger partial charge < -0.3 is 15.7 Å². The zero-order chi connectivity index (χ0) is 14.1. The third-order valence-corrected chi connectivity index (χ3v) is 4.94. The van der Waals surface area contributed by atoms with Crippen LogP contribution in [0.3, 0.4) is 0 Å². The largest absolute Gasteiger partial charge is 0.388 e. The molecule has 0 aromatic heterocycles. The van der Waals surface area contributed by atoms with Gasteiger partial charge in [-0.2, -0.15) is 0 Å². The molecule has 1 aliphatic heterocycles.